The van der Waals surface area contributed by atoms with E-state index in [1.807, 2.05) is 20.0 Å². The van der Waals surface area contributed by atoms with Crippen molar-refractivity contribution in [1.82, 2.24) is 10.4 Å². The standard InChI is InChI=1S/C14H17Br2N3OS/c1-7-6-18-10(8(2)13(7)20-3)5-11(19-17)12-4-9(15)14(16)21-12/h4,6,11,19H,5,17H2,1-3H3. The van der Waals surface area contributed by atoms with Gasteiger partial charge < -0.3 is 4.74 Å². The third-order valence-electron chi connectivity index (χ3n) is 3.36. The molecule has 0 aromatic carbocycles. The summed E-state index contributed by atoms with van der Waals surface area (Å²) in [7, 11) is 1.69. The van der Waals surface area contributed by atoms with Gasteiger partial charge in [0.15, 0.2) is 0 Å². The van der Waals surface area contributed by atoms with Crippen LogP contribution in [0.5, 0.6) is 5.75 Å². The van der Waals surface area contributed by atoms with E-state index in [1.54, 1.807) is 18.4 Å². The fourth-order valence-electron chi connectivity index (χ4n) is 2.25. The molecule has 0 radical (unpaired) electrons. The lowest BCUT2D eigenvalue weighted by atomic mass is 10.0. The average Bonchev–Trinajstić information content (AvgIpc) is 2.78. The first-order valence-electron chi connectivity index (χ1n) is 6.37. The fourth-order valence-corrected chi connectivity index (χ4v) is 4.40. The molecule has 1 unspecified atom stereocenters. The monoisotopic (exact) mass is 433 g/mol. The van der Waals surface area contributed by atoms with Crippen LogP contribution in [0.4, 0.5) is 0 Å². The molecule has 21 heavy (non-hydrogen) atoms. The van der Waals surface area contributed by atoms with Crippen molar-refractivity contribution in [2.75, 3.05) is 7.11 Å². The number of pyridine rings is 1. The van der Waals surface area contributed by atoms with Crippen LogP contribution in [0.3, 0.4) is 0 Å². The quantitative estimate of drug-likeness (QED) is 0.550. The Bertz CT molecular complexity index is 626. The van der Waals surface area contributed by atoms with Gasteiger partial charge in [0.05, 0.1) is 16.9 Å². The van der Waals surface area contributed by atoms with Crippen molar-refractivity contribution in [2.24, 2.45) is 5.84 Å². The molecule has 2 rings (SSSR count). The first-order valence-corrected chi connectivity index (χ1v) is 8.78. The number of methoxy groups -OCH3 is 1. The number of nitrogens with zero attached hydrogens (tertiary/aromatic N) is 1. The Hall–Kier alpha value is -0.470. The summed E-state index contributed by atoms with van der Waals surface area (Å²) in [6.45, 7) is 4.02. The second-order valence-electron chi connectivity index (χ2n) is 4.74. The summed E-state index contributed by atoms with van der Waals surface area (Å²) in [5.41, 5.74) is 5.96. The molecule has 114 valence electrons. The van der Waals surface area contributed by atoms with E-state index in [0.29, 0.717) is 6.42 Å². The molecular formula is C14H17Br2N3OS. The Kier molecular flexibility index (Phi) is 5.79. The molecule has 0 spiro atoms. The first kappa shape index (κ1) is 16.9. The fraction of sp³-hybridized carbons (Fsp3) is 0.357. The van der Waals surface area contributed by atoms with Crippen molar-refractivity contribution in [2.45, 2.75) is 26.3 Å². The number of thiophene rings is 1. The summed E-state index contributed by atoms with van der Waals surface area (Å²) in [5.74, 6) is 6.62. The molecule has 0 aliphatic rings. The van der Waals surface area contributed by atoms with Crippen LogP contribution in [0.25, 0.3) is 0 Å². The lowest BCUT2D eigenvalue weighted by Crippen LogP contribution is -2.29. The zero-order chi connectivity index (χ0) is 15.6. The molecule has 0 aliphatic carbocycles. The van der Waals surface area contributed by atoms with Crippen LogP contribution in [0.1, 0.15) is 27.7 Å². The van der Waals surface area contributed by atoms with Crippen LogP contribution < -0.4 is 16.0 Å². The number of nitrogens with two attached hydrogens (primary N) is 1. The van der Waals surface area contributed by atoms with E-state index in [1.165, 1.54) is 0 Å². The molecule has 2 aromatic rings. The molecule has 3 N–H and O–H groups in total. The van der Waals surface area contributed by atoms with E-state index in [4.69, 9.17) is 10.6 Å². The Balaban J connectivity index is 2.31. The molecule has 0 amide bonds. The predicted molar refractivity (Wildman–Crippen MR) is 93.8 cm³/mol. The summed E-state index contributed by atoms with van der Waals surface area (Å²) < 4.78 is 7.55. The molecule has 1 atom stereocenters. The number of hydrazine groups is 1. The number of halogens is 2. The van der Waals surface area contributed by atoms with E-state index in [0.717, 1.165) is 35.7 Å². The number of hydrogen-bond donors (Lipinski definition) is 2. The predicted octanol–water partition coefficient (Wildman–Crippen LogP) is 4.04. The van der Waals surface area contributed by atoms with E-state index >= 15 is 0 Å². The average molecular weight is 435 g/mol. The maximum Gasteiger partial charge on any atom is 0.128 e. The molecule has 7 heteroatoms. The maximum atomic E-state index is 5.73. The van der Waals surface area contributed by atoms with Crippen LogP contribution >= 0.6 is 43.2 Å². The zero-order valence-electron chi connectivity index (χ0n) is 12.0. The first-order chi connectivity index (χ1) is 9.97. The van der Waals surface area contributed by atoms with Gasteiger partial charge in [0.1, 0.15) is 5.75 Å². The van der Waals surface area contributed by atoms with Gasteiger partial charge in [-0.25, -0.2) is 0 Å². The van der Waals surface area contributed by atoms with Crippen LogP contribution in [-0.2, 0) is 6.42 Å². The van der Waals surface area contributed by atoms with Crippen LogP contribution in [0, 0.1) is 13.8 Å². The van der Waals surface area contributed by atoms with Crippen LogP contribution in [-0.4, -0.2) is 12.1 Å². The number of aromatic nitrogens is 1. The molecule has 0 aliphatic heterocycles. The Morgan fingerprint density at radius 3 is 2.67 bits per heavy atom. The topological polar surface area (TPSA) is 60.2 Å². The van der Waals surface area contributed by atoms with Crippen molar-refractivity contribution >= 4 is 43.2 Å². The van der Waals surface area contributed by atoms with Gasteiger partial charge >= 0.3 is 0 Å². The highest BCUT2D eigenvalue weighted by Crippen LogP contribution is 2.36. The third kappa shape index (κ3) is 3.65. The van der Waals surface area contributed by atoms with Gasteiger partial charge in [-0.05, 0) is 51.8 Å². The second-order valence-corrected chi connectivity index (χ2v) is 8.00. The molecule has 4 nitrogen and oxygen atoms in total. The molecule has 0 saturated heterocycles. The van der Waals surface area contributed by atoms with Crippen molar-refractivity contribution in [3.63, 3.8) is 0 Å². The van der Waals surface area contributed by atoms with Crippen molar-refractivity contribution in [3.05, 3.63) is 42.2 Å². The number of aryl methyl sites for hydroxylation is 1. The SMILES string of the molecule is COc1c(C)cnc(CC(NN)c2cc(Br)c(Br)s2)c1C. The van der Waals surface area contributed by atoms with Crippen LogP contribution in [0.15, 0.2) is 20.5 Å². The lowest BCUT2D eigenvalue weighted by molar-refractivity contribution is 0.406. The summed E-state index contributed by atoms with van der Waals surface area (Å²) >= 11 is 8.67. The third-order valence-corrected chi connectivity index (χ3v) is 6.73. The summed E-state index contributed by atoms with van der Waals surface area (Å²) in [6, 6.07) is 2.08. The van der Waals surface area contributed by atoms with Gasteiger partial charge in [-0.1, -0.05) is 0 Å². The molecule has 2 aromatic heterocycles. The van der Waals surface area contributed by atoms with Gasteiger partial charge in [0, 0.05) is 38.8 Å². The molecule has 0 saturated carbocycles. The Morgan fingerprint density at radius 1 is 1.43 bits per heavy atom. The highest BCUT2D eigenvalue weighted by molar-refractivity contribution is 9.13. The minimum Gasteiger partial charge on any atom is -0.496 e. The lowest BCUT2D eigenvalue weighted by Gasteiger charge is -2.17. The summed E-state index contributed by atoms with van der Waals surface area (Å²) in [6.07, 6.45) is 2.55. The van der Waals surface area contributed by atoms with Gasteiger partial charge in [-0.3, -0.25) is 16.3 Å². The Morgan fingerprint density at radius 2 is 2.14 bits per heavy atom. The Labute approximate surface area is 145 Å². The maximum absolute atomic E-state index is 5.73. The van der Waals surface area contributed by atoms with Gasteiger partial charge in [0.2, 0.25) is 0 Å². The number of ether oxygens (including phenoxy) is 1. The normalized spacial score (nSPS) is 12.5. The molecule has 2 heterocycles. The van der Waals surface area contributed by atoms with Crippen molar-refractivity contribution in [1.29, 1.82) is 0 Å². The minimum absolute atomic E-state index is 0.0104. The number of hydrogen-bond acceptors (Lipinski definition) is 5. The molecular weight excluding hydrogens is 418 g/mol. The second kappa shape index (κ2) is 7.19. The number of rotatable bonds is 5. The van der Waals surface area contributed by atoms with Gasteiger partial charge in [-0.2, -0.15) is 0 Å². The molecule has 0 bridgehead atoms. The van der Waals surface area contributed by atoms with E-state index in [9.17, 15) is 0 Å². The smallest absolute Gasteiger partial charge is 0.128 e. The van der Waals surface area contributed by atoms with Gasteiger partial charge in [-0.15, -0.1) is 11.3 Å². The van der Waals surface area contributed by atoms with Crippen molar-refractivity contribution < 1.29 is 4.74 Å². The summed E-state index contributed by atoms with van der Waals surface area (Å²) in [5, 5.41) is 0. The number of nitrogens with one attached hydrogen (secondary N) is 1. The minimum atomic E-state index is 0.0104. The van der Waals surface area contributed by atoms with Gasteiger partial charge in [0.25, 0.3) is 0 Å². The largest absolute Gasteiger partial charge is 0.496 e. The van der Waals surface area contributed by atoms with Crippen molar-refractivity contribution in [3.8, 4) is 5.75 Å². The highest BCUT2D eigenvalue weighted by atomic mass is 79.9. The van der Waals surface area contributed by atoms with E-state index in [-0.39, 0.29) is 6.04 Å². The summed E-state index contributed by atoms with van der Waals surface area (Å²) in [4.78, 5) is 5.68. The van der Waals surface area contributed by atoms with E-state index < -0.39 is 0 Å². The van der Waals surface area contributed by atoms with E-state index in [2.05, 4.69) is 48.3 Å². The molecule has 0 fully saturated rings. The highest BCUT2D eigenvalue weighted by Gasteiger charge is 2.18. The van der Waals surface area contributed by atoms with Crippen LogP contribution in [0.2, 0.25) is 0 Å². The zero-order valence-corrected chi connectivity index (χ0v) is 16.0.